The number of nitrogens with one attached hydrogen (secondary N) is 2. The van der Waals surface area contributed by atoms with Crippen LogP contribution in [0.2, 0.25) is 0 Å². The van der Waals surface area contributed by atoms with E-state index in [9.17, 15) is 0 Å². The Kier molecular flexibility index (Phi) is 3.85. The fourth-order valence-corrected chi connectivity index (χ4v) is 4.55. The summed E-state index contributed by atoms with van der Waals surface area (Å²) in [4.78, 5) is 14.4. The minimum atomic E-state index is 0.112. The molecule has 2 aliphatic rings. The third kappa shape index (κ3) is 2.43. The normalized spacial score (nSPS) is 18.0. The molecule has 0 spiro atoms. The molecule has 0 amide bonds. The smallest absolute Gasteiger partial charge is 0.228 e. The third-order valence-corrected chi connectivity index (χ3v) is 5.54. The highest BCUT2D eigenvalue weighted by Gasteiger charge is 2.24. The second-order valence-corrected chi connectivity index (χ2v) is 6.88. The van der Waals surface area contributed by atoms with Crippen LogP contribution < -0.4 is 15.5 Å². The van der Waals surface area contributed by atoms with Crippen LogP contribution in [0.5, 0.6) is 0 Å². The van der Waals surface area contributed by atoms with Gasteiger partial charge in [0.25, 0.3) is 0 Å². The molecule has 2 aromatic rings. The summed E-state index contributed by atoms with van der Waals surface area (Å²) >= 11 is 1.82. The zero-order valence-corrected chi connectivity index (χ0v) is 13.4. The number of aliphatic hydroxyl groups excluding tert-OH is 1. The number of aryl methyl sites for hydroxylation is 2. The van der Waals surface area contributed by atoms with Crippen molar-refractivity contribution in [1.82, 2.24) is 15.3 Å². The number of aliphatic hydroxyl groups is 1. The Morgan fingerprint density at radius 3 is 2.91 bits per heavy atom. The van der Waals surface area contributed by atoms with Gasteiger partial charge in [0.05, 0.1) is 12.0 Å². The summed E-state index contributed by atoms with van der Waals surface area (Å²) in [6.07, 6.45) is 3.52. The van der Waals surface area contributed by atoms with E-state index in [1.807, 2.05) is 11.3 Å². The SMILES string of the molecule is OCCNc1nc(N2CCNCC2)nc2sc3c(c12)CCC3. The third-order valence-electron chi connectivity index (χ3n) is 4.36. The van der Waals surface area contributed by atoms with E-state index in [1.54, 1.807) is 0 Å². The molecule has 0 radical (unpaired) electrons. The maximum absolute atomic E-state index is 9.14. The van der Waals surface area contributed by atoms with Crippen LogP contribution in [-0.2, 0) is 12.8 Å². The lowest BCUT2D eigenvalue weighted by Crippen LogP contribution is -2.44. The standard InChI is InChI=1S/C15H21N5OS/c21-9-6-17-13-12-10-2-1-3-11(10)22-14(12)19-15(18-13)20-7-4-16-5-8-20/h16,21H,1-9H2,(H,17,18,19). The van der Waals surface area contributed by atoms with E-state index >= 15 is 0 Å². The van der Waals surface area contributed by atoms with Gasteiger partial charge >= 0.3 is 0 Å². The monoisotopic (exact) mass is 319 g/mol. The molecule has 0 unspecified atom stereocenters. The van der Waals surface area contributed by atoms with Gasteiger partial charge in [-0.05, 0) is 24.8 Å². The molecule has 2 aromatic heterocycles. The maximum Gasteiger partial charge on any atom is 0.228 e. The molecule has 1 aliphatic heterocycles. The predicted molar refractivity (Wildman–Crippen MR) is 90.1 cm³/mol. The number of rotatable bonds is 4. The van der Waals surface area contributed by atoms with Crippen LogP contribution in [0.25, 0.3) is 10.2 Å². The first-order valence-electron chi connectivity index (χ1n) is 7.99. The van der Waals surface area contributed by atoms with Crippen LogP contribution in [0.3, 0.4) is 0 Å². The van der Waals surface area contributed by atoms with Gasteiger partial charge in [0.2, 0.25) is 5.95 Å². The molecule has 118 valence electrons. The summed E-state index contributed by atoms with van der Waals surface area (Å²) < 4.78 is 0. The number of thiophene rings is 1. The molecule has 4 rings (SSSR count). The van der Waals surface area contributed by atoms with Crippen molar-refractivity contribution in [2.45, 2.75) is 19.3 Å². The number of piperazine rings is 1. The lowest BCUT2D eigenvalue weighted by atomic mass is 10.2. The first kappa shape index (κ1) is 14.2. The van der Waals surface area contributed by atoms with Gasteiger partial charge in [-0.15, -0.1) is 11.3 Å². The zero-order chi connectivity index (χ0) is 14.9. The van der Waals surface area contributed by atoms with Crippen molar-refractivity contribution in [2.24, 2.45) is 0 Å². The van der Waals surface area contributed by atoms with Gasteiger partial charge in [-0.25, -0.2) is 4.98 Å². The highest BCUT2D eigenvalue weighted by Crippen LogP contribution is 2.40. The van der Waals surface area contributed by atoms with E-state index in [1.165, 1.54) is 28.7 Å². The Morgan fingerprint density at radius 2 is 2.09 bits per heavy atom. The van der Waals surface area contributed by atoms with E-state index in [-0.39, 0.29) is 6.61 Å². The lowest BCUT2D eigenvalue weighted by molar-refractivity contribution is 0.311. The van der Waals surface area contributed by atoms with Crippen molar-refractivity contribution < 1.29 is 5.11 Å². The molecule has 0 saturated carbocycles. The number of fused-ring (bicyclic) bond motifs is 3. The Hall–Kier alpha value is -1.44. The number of hydrogen-bond acceptors (Lipinski definition) is 7. The quantitative estimate of drug-likeness (QED) is 0.781. The zero-order valence-electron chi connectivity index (χ0n) is 12.6. The average Bonchev–Trinajstić information content (AvgIpc) is 3.13. The van der Waals surface area contributed by atoms with E-state index in [2.05, 4.69) is 15.5 Å². The molecule has 0 bridgehead atoms. The maximum atomic E-state index is 9.14. The Labute approximate surface area is 133 Å². The van der Waals surface area contributed by atoms with Crippen LogP contribution in [0, 0.1) is 0 Å². The minimum absolute atomic E-state index is 0.112. The second kappa shape index (κ2) is 5.98. The first-order chi connectivity index (χ1) is 10.9. The van der Waals surface area contributed by atoms with Crippen molar-refractivity contribution in [3.8, 4) is 0 Å². The molecule has 1 fully saturated rings. The number of aromatic nitrogens is 2. The van der Waals surface area contributed by atoms with Gasteiger partial charge in [0, 0.05) is 37.6 Å². The van der Waals surface area contributed by atoms with Gasteiger partial charge in [-0.1, -0.05) is 0 Å². The summed E-state index contributed by atoms with van der Waals surface area (Å²) in [5.41, 5.74) is 1.42. The highest BCUT2D eigenvalue weighted by atomic mass is 32.1. The van der Waals surface area contributed by atoms with Crippen LogP contribution in [-0.4, -0.2) is 54.4 Å². The molecule has 7 heteroatoms. The first-order valence-corrected chi connectivity index (χ1v) is 8.81. The molecular formula is C15H21N5OS. The van der Waals surface area contributed by atoms with Crippen molar-refractivity contribution >= 4 is 33.3 Å². The molecule has 1 aliphatic carbocycles. The predicted octanol–water partition coefficient (Wildman–Crippen LogP) is 0.994. The van der Waals surface area contributed by atoms with Gasteiger partial charge < -0.3 is 20.6 Å². The number of nitrogens with zero attached hydrogens (tertiary/aromatic N) is 3. The summed E-state index contributed by atoms with van der Waals surface area (Å²) in [5.74, 6) is 1.71. The van der Waals surface area contributed by atoms with Crippen LogP contribution in [0.4, 0.5) is 11.8 Å². The molecule has 0 aromatic carbocycles. The molecule has 6 nitrogen and oxygen atoms in total. The minimum Gasteiger partial charge on any atom is -0.395 e. The van der Waals surface area contributed by atoms with Crippen molar-refractivity contribution in [3.63, 3.8) is 0 Å². The molecule has 3 heterocycles. The Bertz CT molecular complexity index is 680. The summed E-state index contributed by atoms with van der Waals surface area (Å²) in [5, 5.41) is 17.0. The lowest BCUT2D eigenvalue weighted by Gasteiger charge is -2.27. The van der Waals surface area contributed by atoms with Crippen molar-refractivity contribution in [3.05, 3.63) is 10.4 Å². The largest absolute Gasteiger partial charge is 0.395 e. The van der Waals surface area contributed by atoms with Gasteiger partial charge in [-0.2, -0.15) is 4.98 Å². The van der Waals surface area contributed by atoms with Crippen LogP contribution >= 0.6 is 11.3 Å². The Morgan fingerprint density at radius 1 is 1.23 bits per heavy atom. The van der Waals surface area contributed by atoms with E-state index in [4.69, 9.17) is 15.1 Å². The highest BCUT2D eigenvalue weighted by molar-refractivity contribution is 7.19. The molecule has 0 atom stereocenters. The molecule has 22 heavy (non-hydrogen) atoms. The molecule has 3 N–H and O–H groups in total. The fourth-order valence-electron chi connectivity index (χ4n) is 3.29. The summed E-state index contributed by atoms with van der Waals surface area (Å²) in [6, 6.07) is 0. The van der Waals surface area contributed by atoms with E-state index in [0.29, 0.717) is 6.54 Å². The topological polar surface area (TPSA) is 73.3 Å². The second-order valence-electron chi connectivity index (χ2n) is 5.80. The van der Waals surface area contributed by atoms with Crippen LogP contribution in [0.15, 0.2) is 0 Å². The van der Waals surface area contributed by atoms with Crippen LogP contribution in [0.1, 0.15) is 16.9 Å². The van der Waals surface area contributed by atoms with Crippen molar-refractivity contribution in [1.29, 1.82) is 0 Å². The number of anilines is 2. The summed E-state index contributed by atoms with van der Waals surface area (Å²) in [7, 11) is 0. The molecule has 1 saturated heterocycles. The fraction of sp³-hybridized carbons (Fsp3) is 0.600. The Balaban J connectivity index is 1.79. The average molecular weight is 319 g/mol. The van der Waals surface area contributed by atoms with Gasteiger partial charge in [0.1, 0.15) is 10.6 Å². The van der Waals surface area contributed by atoms with Crippen molar-refractivity contribution in [2.75, 3.05) is 49.5 Å². The van der Waals surface area contributed by atoms with Gasteiger partial charge in [0.15, 0.2) is 0 Å². The molecular weight excluding hydrogens is 298 g/mol. The van der Waals surface area contributed by atoms with E-state index in [0.717, 1.165) is 49.2 Å². The number of hydrogen-bond donors (Lipinski definition) is 3. The van der Waals surface area contributed by atoms with Gasteiger partial charge in [-0.3, -0.25) is 0 Å². The summed E-state index contributed by atoms with van der Waals surface area (Å²) in [6.45, 7) is 4.47. The van der Waals surface area contributed by atoms with E-state index < -0.39 is 0 Å².